The molecule has 0 atom stereocenters. The lowest BCUT2D eigenvalue weighted by Crippen LogP contribution is -2.20. The quantitative estimate of drug-likeness (QED) is 0.701. The summed E-state index contributed by atoms with van der Waals surface area (Å²) in [5.74, 6) is -0.842. The summed E-state index contributed by atoms with van der Waals surface area (Å²) in [5.41, 5.74) is 0.424. The zero-order valence-electron chi connectivity index (χ0n) is 13.1. The molecule has 0 fully saturated rings. The summed E-state index contributed by atoms with van der Waals surface area (Å²) in [7, 11) is 0. The van der Waals surface area contributed by atoms with E-state index in [0.717, 1.165) is 0 Å². The summed E-state index contributed by atoms with van der Waals surface area (Å²) in [5, 5.41) is 6.24. The molecule has 2 aromatic carbocycles. The maximum absolute atomic E-state index is 12.4. The molecule has 2 N–H and O–H groups in total. The van der Waals surface area contributed by atoms with E-state index in [1.54, 1.807) is 42.5 Å². The van der Waals surface area contributed by atoms with Crippen LogP contribution in [0.25, 0.3) is 11.0 Å². The van der Waals surface area contributed by atoms with E-state index in [1.165, 1.54) is 13.0 Å². The summed E-state index contributed by atoms with van der Waals surface area (Å²) in [6.07, 6.45) is 0. The molecule has 0 radical (unpaired) electrons. The SMILES string of the molecule is CC(=O)Nc1cccc(NC(=O)c2cc3cc(Cl)ccc3oc2=O)c1. The van der Waals surface area contributed by atoms with Crippen molar-refractivity contribution in [2.75, 3.05) is 10.6 Å². The Labute approximate surface area is 147 Å². The molecule has 2 amide bonds. The second-order valence-corrected chi connectivity index (χ2v) is 5.78. The van der Waals surface area contributed by atoms with Crippen molar-refractivity contribution in [3.05, 3.63) is 69.5 Å². The summed E-state index contributed by atoms with van der Waals surface area (Å²) < 4.78 is 5.15. The van der Waals surface area contributed by atoms with Crippen LogP contribution in [0.1, 0.15) is 17.3 Å². The number of amides is 2. The first-order valence-corrected chi connectivity index (χ1v) is 7.72. The number of nitrogens with one attached hydrogen (secondary N) is 2. The van der Waals surface area contributed by atoms with Gasteiger partial charge in [-0.15, -0.1) is 0 Å². The van der Waals surface area contributed by atoms with Crippen LogP contribution in [0.5, 0.6) is 0 Å². The number of fused-ring (bicyclic) bond motifs is 1. The standard InChI is InChI=1S/C18H13ClN2O4/c1-10(22)20-13-3-2-4-14(9-13)21-17(23)15-8-11-7-12(19)5-6-16(11)25-18(15)24/h2-9H,1H3,(H,20,22)(H,21,23). The first-order valence-electron chi connectivity index (χ1n) is 7.35. The minimum absolute atomic E-state index is 0.139. The second-order valence-electron chi connectivity index (χ2n) is 5.35. The predicted octanol–water partition coefficient (Wildman–Crippen LogP) is 3.66. The van der Waals surface area contributed by atoms with Crippen molar-refractivity contribution in [3.8, 4) is 0 Å². The summed E-state index contributed by atoms with van der Waals surface area (Å²) in [6.45, 7) is 1.39. The Kier molecular flexibility index (Phi) is 4.54. The van der Waals surface area contributed by atoms with Crippen LogP contribution in [0.4, 0.5) is 11.4 Å². The van der Waals surface area contributed by atoms with Crippen LogP contribution in [0.3, 0.4) is 0 Å². The summed E-state index contributed by atoms with van der Waals surface area (Å²) >= 11 is 5.92. The number of carbonyl (C=O) groups excluding carboxylic acids is 2. The molecule has 6 nitrogen and oxygen atoms in total. The molecule has 0 unspecified atom stereocenters. The van der Waals surface area contributed by atoms with E-state index in [4.69, 9.17) is 16.0 Å². The molecular formula is C18H13ClN2O4. The van der Waals surface area contributed by atoms with Crippen molar-refractivity contribution in [2.45, 2.75) is 6.92 Å². The van der Waals surface area contributed by atoms with Crippen LogP contribution in [-0.4, -0.2) is 11.8 Å². The van der Waals surface area contributed by atoms with E-state index >= 15 is 0 Å². The molecular weight excluding hydrogens is 344 g/mol. The zero-order valence-corrected chi connectivity index (χ0v) is 13.9. The highest BCUT2D eigenvalue weighted by atomic mass is 35.5. The molecule has 126 valence electrons. The second kappa shape index (κ2) is 6.78. The maximum Gasteiger partial charge on any atom is 0.349 e. The lowest BCUT2D eigenvalue weighted by Gasteiger charge is -2.08. The van der Waals surface area contributed by atoms with Gasteiger partial charge in [-0.1, -0.05) is 17.7 Å². The smallest absolute Gasteiger partial charge is 0.349 e. The van der Waals surface area contributed by atoms with E-state index in [9.17, 15) is 14.4 Å². The highest BCUT2D eigenvalue weighted by Gasteiger charge is 2.14. The largest absolute Gasteiger partial charge is 0.422 e. The molecule has 0 bridgehead atoms. The molecule has 1 heterocycles. The molecule has 25 heavy (non-hydrogen) atoms. The molecule has 3 rings (SSSR count). The molecule has 7 heteroatoms. The highest BCUT2D eigenvalue weighted by Crippen LogP contribution is 2.20. The summed E-state index contributed by atoms with van der Waals surface area (Å²) in [6, 6.07) is 12.8. The third-order valence-electron chi connectivity index (χ3n) is 3.38. The van der Waals surface area contributed by atoms with Crippen LogP contribution in [0, 0.1) is 0 Å². The predicted molar refractivity (Wildman–Crippen MR) is 96.2 cm³/mol. The Morgan fingerprint density at radius 3 is 2.44 bits per heavy atom. The Morgan fingerprint density at radius 2 is 1.72 bits per heavy atom. The lowest BCUT2D eigenvalue weighted by molar-refractivity contribution is -0.114. The van der Waals surface area contributed by atoms with Gasteiger partial charge in [0.25, 0.3) is 5.91 Å². The topological polar surface area (TPSA) is 88.4 Å². The van der Waals surface area contributed by atoms with Gasteiger partial charge in [-0.3, -0.25) is 9.59 Å². The molecule has 1 aromatic heterocycles. The van der Waals surface area contributed by atoms with Gasteiger partial charge in [0.15, 0.2) is 0 Å². The van der Waals surface area contributed by atoms with E-state index in [2.05, 4.69) is 10.6 Å². The Morgan fingerprint density at radius 1 is 1.00 bits per heavy atom. The van der Waals surface area contributed by atoms with Gasteiger partial charge in [-0.05, 0) is 42.5 Å². The first kappa shape index (κ1) is 16.7. The van der Waals surface area contributed by atoms with Crippen molar-refractivity contribution in [2.24, 2.45) is 0 Å². The fourth-order valence-corrected chi connectivity index (χ4v) is 2.51. The molecule has 0 saturated heterocycles. The monoisotopic (exact) mass is 356 g/mol. The van der Waals surface area contributed by atoms with E-state index < -0.39 is 11.5 Å². The van der Waals surface area contributed by atoms with Crippen LogP contribution in [0.15, 0.2) is 57.7 Å². The van der Waals surface area contributed by atoms with Crippen molar-refractivity contribution in [3.63, 3.8) is 0 Å². The number of hydrogen-bond acceptors (Lipinski definition) is 4. The van der Waals surface area contributed by atoms with Gasteiger partial charge in [0.05, 0.1) is 0 Å². The number of rotatable bonds is 3. The van der Waals surface area contributed by atoms with Crippen molar-refractivity contribution >= 4 is 45.8 Å². The Bertz CT molecular complexity index is 1040. The first-order chi connectivity index (χ1) is 11.9. The minimum Gasteiger partial charge on any atom is -0.422 e. The molecule has 0 aliphatic rings. The zero-order chi connectivity index (χ0) is 18.0. The van der Waals surface area contributed by atoms with Crippen LogP contribution < -0.4 is 16.3 Å². The van der Waals surface area contributed by atoms with Crippen molar-refractivity contribution < 1.29 is 14.0 Å². The Balaban J connectivity index is 1.91. The van der Waals surface area contributed by atoms with Crippen molar-refractivity contribution in [1.82, 2.24) is 0 Å². The highest BCUT2D eigenvalue weighted by molar-refractivity contribution is 6.31. The molecule has 0 saturated carbocycles. The number of anilines is 2. The third kappa shape index (κ3) is 3.87. The number of carbonyl (C=O) groups is 2. The minimum atomic E-state index is -0.745. The average molecular weight is 357 g/mol. The van der Waals surface area contributed by atoms with Gasteiger partial charge >= 0.3 is 5.63 Å². The van der Waals surface area contributed by atoms with E-state index in [1.807, 2.05) is 0 Å². The molecule has 0 aliphatic carbocycles. The third-order valence-corrected chi connectivity index (χ3v) is 3.61. The Hall–Kier alpha value is -3.12. The van der Waals surface area contributed by atoms with Gasteiger partial charge in [-0.25, -0.2) is 4.79 Å². The fraction of sp³-hybridized carbons (Fsp3) is 0.0556. The van der Waals surface area contributed by atoms with E-state index in [-0.39, 0.29) is 11.5 Å². The van der Waals surface area contributed by atoms with Gasteiger partial charge in [0.2, 0.25) is 5.91 Å². The molecule has 0 aliphatic heterocycles. The van der Waals surface area contributed by atoms with Crippen LogP contribution in [-0.2, 0) is 4.79 Å². The molecule has 0 spiro atoms. The normalized spacial score (nSPS) is 10.5. The average Bonchev–Trinajstić information content (AvgIpc) is 2.54. The van der Waals surface area contributed by atoms with E-state index in [0.29, 0.717) is 27.4 Å². The van der Waals surface area contributed by atoms with Gasteiger partial charge < -0.3 is 15.1 Å². The fourth-order valence-electron chi connectivity index (χ4n) is 2.33. The van der Waals surface area contributed by atoms with Gasteiger partial charge in [0, 0.05) is 28.7 Å². The number of hydrogen-bond donors (Lipinski definition) is 2. The molecule has 3 aromatic rings. The van der Waals surface area contributed by atoms with Gasteiger partial charge in [0.1, 0.15) is 11.1 Å². The summed E-state index contributed by atoms with van der Waals surface area (Å²) in [4.78, 5) is 35.6. The van der Waals surface area contributed by atoms with Gasteiger partial charge in [-0.2, -0.15) is 0 Å². The van der Waals surface area contributed by atoms with Crippen LogP contribution in [0.2, 0.25) is 5.02 Å². The number of halogens is 1. The lowest BCUT2D eigenvalue weighted by atomic mass is 10.1. The number of benzene rings is 2. The van der Waals surface area contributed by atoms with Crippen molar-refractivity contribution in [1.29, 1.82) is 0 Å². The van der Waals surface area contributed by atoms with Crippen LogP contribution >= 0.6 is 11.6 Å². The maximum atomic E-state index is 12.4.